The molecular formula is C11H17BrN2O2. The molecule has 0 bridgehead atoms. The van der Waals surface area contributed by atoms with E-state index < -0.39 is 11.7 Å². The summed E-state index contributed by atoms with van der Waals surface area (Å²) in [5.41, 5.74) is 0.0440. The summed E-state index contributed by atoms with van der Waals surface area (Å²) in [7, 11) is 0. The third-order valence-electron chi connectivity index (χ3n) is 2.96. The Balaban J connectivity index is 2.15. The zero-order valence-electron chi connectivity index (χ0n) is 9.52. The van der Waals surface area contributed by atoms with Crippen molar-refractivity contribution >= 4 is 15.9 Å². The summed E-state index contributed by atoms with van der Waals surface area (Å²) in [6, 6.07) is 0. The fourth-order valence-corrected chi connectivity index (χ4v) is 2.29. The normalized spacial score (nSPS) is 18.8. The van der Waals surface area contributed by atoms with Crippen LogP contribution in [0.25, 0.3) is 0 Å². The summed E-state index contributed by atoms with van der Waals surface area (Å²) in [6.45, 7) is 3.54. The van der Waals surface area contributed by atoms with Crippen LogP contribution in [-0.4, -0.2) is 31.7 Å². The Hall–Kier alpha value is -0.390. The molecule has 90 valence electrons. The van der Waals surface area contributed by atoms with Crippen molar-refractivity contribution in [1.82, 2.24) is 9.78 Å². The fraction of sp³-hybridized carbons (Fsp3) is 0.727. The van der Waals surface area contributed by atoms with Crippen LogP contribution in [0, 0.1) is 0 Å². The summed E-state index contributed by atoms with van der Waals surface area (Å²) in [6.07, 6.45) is 3.31. The molecule has 1 fully saturated rings. The van der Waals surface area contributed by atoms with Gasteiger partial charge in [-0.3, -0.25) is 4.68 Å². The minimum absolute atomic E-state index is 0.334. The molecule has 2 N–H and O–H groups in total. The monoisotopic (exact) mass is 288 g/mol. The van der Waals surface area contributed by atoms with Crippen LogP contribution in [0.4, 0.5) is 0 Å². The summed E-state index contributed by atoms with van der Waals surface area (Å²) >= 11 is 3.47. The van der Waals surface area contributed by atoms with Crippen molar-refractivity contribution in [1.29, 1.82) is 0 Å². The molecule has 16 heavy (non-hydrogen) atoms. The van der Waals surface area contributed by atoms with Gasteiger partial charge in [0.05, 0.1) is 28.5 Å². The van der Waals surface area contributed by atoms with E-state index in [1.54, 1.807) is 24.7 Å². The predicted molar refractivity (Wildman–Crippen MR) is 64.2 cm³/mol. The van der Waals surface area contributed by atoms with Crippen LogP contribution in [0.15, 0.2) is 10.7 Å². The average molecular weight is 289 g/mol. The molecule has 1 heterocycles. The largest absolute Gasteiger partial charge is 0.388 e. The Bertz CT molecular complexity index is 380. The van der Waals surface area contributed by atoms with Gasteiger partial charge >= 0.3 is 0 Å². The molecule has 0 amide bonds. The van der Waals surface area contributed by atoms with E-state index >= 15 is 0 Å². The molecule has 0 spiro atoms. The Morgan fingerprint density at radius 1 is 1.62 bits per heavy atom. The number of hydrogen-bond acceptors (Lipinski definition) is 3. The fourth-order valence-electron chi connectivity index (χ4n) is 1.67. The van der Waals surface area contributed by atoms with Gasteiger partial charge in [0, 0.05) is 5.92 Å². The Morgan fingerprint density at radius 2 is 2.25 bits per heavy atom. The second-order valence-corrected chi connectivity index (χ2v) is 5.86. The lowest BCUT2D eigenvalue weighted by molar-refractivity contribution is -0.0569. The highest BCUT2D eigenvalue weighted by Gasteiger charge is 2.32. The van der Waals surface area contributed by atoms with Crippen LogP contribution < -0.4 is 0 Å². The van der Waals surface area contributed by atoms with E-state index in [1.165, 1.54) is 12.8 Å². The van der Waals surface area contributed by atoms with Crippen molar-refractivity contribution in [3.05, 3.63) is 16.4 Å². The lowest BCUT2D eigenvalue weighted by Gasteiger charge is -2.25. The number of rotatable bonds is 4. The zero-order valence-corrected chi connectivity index (χ0v) is 11.1. The second kappa shape index (κ2) is 4.13. The van der Waals surface area contributed by atoms with Gasteiger partial charge in [-0.05, 0) is 42.6 Å². The second-order valence-electron chi connectivity index (χ2n) is 5.00. The van der Waals surface area contributed by atoms with Gasteiger partial charge in [-0.2, -0.15) is 5.10 Å². The SMILES string of the molecule is CC(C)(O)[C@H](O)Cn1ncc(Br)c1C1CC1. The Kier molecular flexibility index (Phi) is 3.11. The summed E-state index contributed by atoms with van der Waals surface area (Å²) in [4.78, 5) is 0. The van der Waals surface area contributed by atoms with E-state index in [2.05, 4.69) is 21.0 Å². The van der Waals surface area contributed by atoms with E-state index in [9.17, 15) is 10.2 Å². The number of aromatic nitrogens is 2. The van der Waals surface area contributed by atoms with Crippen LogP contribution in [0.1, 0.15) is 38.3 Å². The lowest BCUT2D eigenvalue weighted by Crippen LogP contribution is -2.39. The highest BCUT2D eigenvalue weighted by atomic mass is 79.9. The van der Waals surface area contributed by atoms with Gasteiger partial charge in [0.25, 0.3) is 0 Å². The number of halogens is 1. The van der Waals surface area contributed by atoms with Crippen molar-refractivity contribution in [3.63, 3.8) is 0 Å². The number of aliphatic hydroxyl groups is 2. The van der Waals surface area contributed by atoms with E-state index in [1.807, 2.05) is 0 Å². The van der Waals surface area contributed by atoms with Crippen LogP contribution in [0.2, 0.25) is 0 Å². The molecule has 0 saturated heterocycles. The molecule has 1 atom stereocenters. The first kappa shape index (κ1) is 12.1. The molecule has 0 aromatic carbocycles. The third kappa shape index (κ3) is 2.47. The topological polar surface area (TPSA) is 58.3 Å². The molecule has 1 aliphatic rings. The summed E-state index contributed by atoms with van der Waals surface area (Å²) < 4.78 is 2.79. The molecule has 1 aromatic heterocycles. The quantitative estimate of drug-likeness (QED) is 0.886. The molecule has 1 aromatic rings. The third-order valence-corrected chi connectivity index (χ3v) is 3.57. The number of hydrogen-bond donors (Lipinski definition) is 2. The molecule has 0 aliphatic heterocycles. The lowest BCUT2D eigenvalue weighted by atomic mass is 10.0. The minimum Gasteiger partial charge on any atom is -0.388 e. The van der Waals surface area contributed by atoms with E-state index in [4.69, 9.17) is 0 Å². The first-order valence-corrected chi connectivity index (χ1v) is 6.30. The van der Waals surface area contributed by atoms with Gasteiger partial charge in [-0.25, -0.2) is 0 Å². The first-order chi connectivity index (χ1) is 7.39. The standard InChI is InChI=1S/C11H17BrN2O2/c1-11(2,16)9(15)6-14-10(7-3-4-7)8(12)5-13-14/h5,7,9,15-16H,3-4,6H2,1-2H3/t9-/m1/s1. The van der Waals surface area contributed by atoms with Crippen molar-refractivity contribution in [2.45, 2.75) is 50.9 Å². The van der Waals surface area contributed by atoms with Crippen molar-refractivity contribution < 1.29 is 10.2 Å². The smallest absolute Gasteiger partial charge is 0.102 e. The van der Waals surface area contributed by atoms with Gasteiger partial charge in [-0.15, -0.1) is 0 Å². The van der Waals surface area contributed by atoms with Gasteiger partial charge in [-0.1, -0.05) is 0 Å². The average Bonchev–Trinajstić information content (AvgIpc) is 2.92. The molecule has 1 saturated carbocycles. The molecule has 0 radical (unpaired) electrons. The van der Waals surface area contributed by atoms with E-state index in [0.717, 1.165) is 10.2 Å². The maximum atomic E-state index is 9.85. The molecule has 1 aliphatic carbocycles. The van der Waals surface area contributed by atoms with Gasteiger partial charge < -0.3 is 10.2 Å². The number of aliphatic hydroxyl groups excluding tert-OH is 1. The van der Waals surface area contributed by atoms with Crippen molar-refractivity contribution in [2.24, 2.45) is 0 Å². The molecule has 5 heteroatoms. The van der Waals surface area contributed by atoms with Gasteiger partial charge in [0.2, 0.25) is 0 Å². The van der Waals surface area contributed by atoms with Crippen LogP contribution in [0.5, 0.6) is 0 Å². The van der Waals surface area contributed by atoms with Crippen LogP contribution in [0.3, 0.4) is 0 Å². The highest BCUT2D eigenvalue weighted by Crippen LogP contribution is 2.43. The maximum absolute atomic E-state index is 9.85. The molecule has 4 nitrogen and oxygen atoms in total. The van der Waals surface area contributed by atoms with Crippen LogP contribution in [-0.2, 0) is 6.54 Å². The Morgan fingerprint density at radius 3 is 2.75 bits per heavy atom. The van der Waals surface area contributed by atoms with E-state index in [0.29, 0.717) is 12.5 Å². The minimum atomic E-state index is -1.10. The van der Waals surface area contributed by atoms with Gasteiger partial charge in [0.1, 0.15) is 6.10 Å². The molecule has 2 rings (SSSR count). The molecular weight excluding hydrogens is 272 g/mol. The summed E-state index contributed by atoms with van der Waals surface area (Å²) in [5.74, 6) is 0.561. The predicted octanol–water partition coefficient (Wildman–Crippen LogP) is 1.65. The van der Waals surface area contributed by atoms with E-state index in [-0.39, 0.29) is 0 Å². The zero-order chi connectivity index (χ0) is 11.9. The Labute approximate surface area is 103 Å². The van der Waals surface area contributed by atoms with Crippen molar-refractivity contribution in [2.75, 3.05) is 0 Å². The summed E-state index contributed by atoms with van der Waals surface area (Å²) in [5, 5.41) is 23.8. The van der Waals surface area contributed by atoms with Crippen molar-refractivity contribution in [3.8, 4) is 0 Å². The van der Waals surface area contributed by atoms with Gasteiger partial charge in [0.15, 0.2) is 0 Å². The molecule has 0 unspecified atom stereocenters. The first-order valence-electron chi connectivity index (χ1n) is 5.51. The highest BCUT2D eigenvalue weighted by molar-refractivity contribution is 9.10. The maximum Gasteiger partial charge on any atom is 0.102 e. The van der Waals surface area contributed by atoms with Crippen LogP contribution >= 0.6 is 15.9 Å². The number of nitrogens with zero attached hydrogens (tertiary/aromatic N) is 2.